The van der Waals surface area contributed by atoms with Crippen LogP contribution in [0.2, 0.25) is 0 Å². The van der Waals surface area contributed by atoms with E-state index in [-0.39, 0.29) is 17.4 Å². The Bertz CT molecular complexity index is 445. The lowest BCUT2D eigenvalue weighted by Crippen LogP contribution is -2.46. The highest BCUT2D eigenvalue weighted by atomic mass is 16.5. The van der Waals surface area contributed by atoms with Gasteiger partial charge in [0.25, 0.3) is 0 Å². The van der Waals surface area contributed by atoms with Gasteiger partial charge in [0.15, 0.2) is 0 Å². The van der Waals surface area contributed by atoms with Gasteiger partial charge in [-0.2, -0.15) is 0 Å². The zero-order chi connectivity index (χ0) is 14.0. The molecule has 1 atom stereocenters. The van der Waals surface area contributed by atoms with Crippen LogP contribution in [-0.2, 0) is 9.53 Å². The number of hydrogen-bond acceptors (Lipinski definition) is 2. The molecule has 104 valence electrons. The zero-order valence-electron chi connectivity index (χ0n) is 12.3. The van der Waals surface area contributed by atoms with Crippen LogP contribution in [-0.4, -0.2) is 30.5 Å². The van der Waals surface area contributed by atoms with Crippen molar-refractivity contribution in [3.63, 3.8) is 0 Å². The van der Waals surface area contributed by atoms with Gasteiger partial charge in [-0.3, -0.25) is 4.79 Å². The average Bonchev–Trinajstić information content (AvgIpc) is 2.38. The normalized spacial score (nSPS) is 20.4. The average molecular weight is 261 g/mol. The first-order valence-corrected chi connectivity index (χ1v) is 6.85. The maximum atomic E-state index is 12.3. The molecule has 3 nitrogen and oxygen atoms in total. The first kappa shape index (κ1) is 14.1. The zero-order valence-corrected chi connectivity index (χ0v) is 12.3. The molecule has 1 saturated heterocycles. The molecule has 0 spiro atoms. The van der Waals surface area contributed by atoms with E-state index >= 15 is 0 Å². The van der Waals surface area contributed by atoms with E-state index in [2.05, 4.69) is 31.2 Å². The fourth-order valence-corrected chi connectivity index (χ4v) is 2.29. The smallest absolute Gasteiger partial charge is 0.228 e. The van der Waals surface area contributed by atoms with Gasteiger partial charge < -0.3 is 9.64 Å². The summed E-state index contributed by atoms with van der Waals surface area (Å²) in [5.41, 5.74) is 2.06. The lowest BCUT2D eigenvalue weighted by molar-refractivity contribution is -0.147. The Labute approximate surface area is 115 Å². The summed E-state index contributed by atoms with van der Waals surface area (Å²) < 4.78 is 5.80. The number of nitrogens with zero attached hydrogens (tertiary/aromatic N) is 1. The molecule has 2 rings (SSSR count). The topological polar surface area (TPSA) is 29.5 Å². The fourth-order valence-electron chi connectivity index (χ4n) is 2.29. The quantitative estimate of drug-likeness (QED) is 0.778. The van der Waals surface area contributed by atoms with Gasteiger partial charge in [-0.25, -0.2) is 0 Å². The van der Waals surface area contributed by atoms with Gasteiger partial charge in [0.1, 0.15) is 6.10 Å². The highest BCUT2D eigenvalue weighted by molar-refractivity contribution is 5.81. The summed E-state index contributed by atoms with van der Waals surface area (Å²) in [5, 5.41) is 0. The van der Waals surface area contributed by atoms with Crippen LogP contribution in [0.15, 0.2) is 24.3 Å². The molecule has 1 heterocycles. The summed E-state index contributed by atoms with van der Waals surface area (Å²) in [7, 11) is 0. The number of morpholine rings is 1. The van der Waals surface area contributed by atoms with Crippen molar-refractivity contribution in [3.8, 4) is 0 Å². The number of ether oxygens (including phenoxy) is 1. The van der Waals surface area contributed by atoms with Crippen molar-refractivity contribution in [2.75, 3.05) is 19.7 Å². The van der Waals surface area contributed by atoms with Gasteiger partial charge in [-0.15, -0.1) is 0 Å². The van der Waals surface area contributed by atoms with Crippen molar-refractivity contribution in [2.24, 2.45) is 5.41 Å². The molecule has 1 aromatic carbocycles. The number of rotatable bonds is 1. The Balaban J connectivity index is 2.09. The van der Waals surface area contributed by atoms with Crippen LogP contribution in [0, 0.1) is 12.3 Å². The molecule has 0 N–H and O–H groups in total. The SMILES string of the molecule is Cc1ccc(C2CN(C(=O)C(C)(C)C)CCO2)cc1. The predicted molar refractivity (Wildman–Crippen MR) is 75.9 cm³/mol. The van der Waals surface area contributed by atoms with E-state index < -0.39 is 0 Å². The molecule has 19 heavy (non-hydrogen) atoms. The van der Waals surface area contributed by atoms with Gasteiger partial charge in [0.2, 0.25) is 5.91 Å². The summed E-state index contributed by atoms with van der Waals surface area (Å²) in [6.07, 6.45) is 0.000602. The molecule has 0 radical (unpaired) electrons. The summed E-state index contributed by atoms with van der Waals surface area (Å²) in [5.74, 6) is 0.202. The number of carbonyl (C=O) groups excluding carboxylic acids is 1. The van der Waals surface area contributed by atoms with Crippen LogP contribution in [0.25, 0.3) is 0 Å². The lowest BCUT2D eigenvalue weighted by Gasteiger charge is -2.36. The number of aryl methyl sites for hydroxylation is 1. The Morgan fingerprint density at radius 1 is 1.26 bits per heavy atom. The Morgan fingerprint density at radius 3 is 2.47 bits per heavy atom. The molecule has 1 unspecified atom stereocenters. The Morgan fingerprint density at radius 2 is 1.89 bits per heavy atom. The molecule has 0 aromatic heterocycles. The number of hydrogen-bond donors (Lipinski definition) is 0. The third kappa shape index (κ3) is 3.35. The van der Waals surface area contributed by atoms with Crippen molar-refractivity contribution < 1.29 is 9.53 Å². The number of benzene rings is 1. The first-order valence-electron chi connectivity index (χ1n) is 6.85. The van der Waals surface area contributed by atoms with Crippen LogP contribution >= 0.6 is 0 Å². The lowest BCUT2D eigenvalue weighted by atomic mass is 9.94. The minimum absolute atomic E-state index is 0.000602. The van der Waals surface area contributed by atoms with Crippen LogP contribution < -0.4 is 0 Å². The van der Waals surface area contributed by atoms with Gasteiger partial charge >= 0.3 is 0 Å². The van der Waals surface area contributed by atoms with Gasteiger partial charge in [-0.05, 0) is 12.5 Å². The molecule has 1 aliphatic rings. The predicted octanol–water partition coefficient (Wildman–Crippen LogP) is 2.94. The van der Waals surface area contributed by atoms with Crippen LogP contribution in [0.3, 0.4) is 0 Å². The molecule has 1 aromatic rings. The van der Waals surface area contributed by atoms with Crippen molar-refractivity contribution in [3.05, 3.63) is 35.4 Å². The van der Waals surface area contributed by atoms with E-state index in [0.29, 0.717) is 19.7 Å². The molecular weight excluding hydrogens is 238 g/mol. The summed E-state index contributed by atoms with van der Waals surface area (Å²) in [6.45, 7) is 9.92. The van der Waals surface area contributed by atoms with Crippen molar-refractivity contribution in [1.29, 1.82) is 0 Å². The molecule has 0 bridgehead atoms. The standard InChI is InChI=1S/C16H23NO2/c1-12-5-7-13(8-6-12)14-11-17(9-10-19-14)15(18)16(2,3)4/h5-8,14H,9-11H2,1-4H3. The minimum Gasteiger partial charge on any atom is -0.370 e. The van der Waals surface area contributed by atoms with Crippen molar-refractivity contribution in [1.82, 2.24) is 4.90 Å². The molecule has 3 heteroatoms. The number of carbonyl (C=O) groups is 1. The second-order valence-electron chi connectivity index (χ2n) is 6.27. The Hall–Kier alpha value is -1.35. The second-order valence-corrected chi connectivity index (χ2v) is 6.27. The summed E-state index contributed by atoms with van der Waals surface area (Å²) >= 11 is 0. The van der Waals surface area contributed by atoms with E-state index in [1.807, 2.05) is 25.7 Å². The van der Waals surface area contributed by atoms with E-state index in [0.717, 1.165) is 5.56 Å². The first-order chi connectivity index (χ1) is 8.88. The third-order valence-electron chi connectivity index (χ3n) is 3.44. The van der Waals surface area contributed by atoms with Crippen molar-refractivity contribution in [2.45, 2.75) is 33.8 Å². The maximum Gasteiger partial charge on any atom is 0.228 e. The largest absolute Gasteiger partial charge is 0.370 e. The van der Waals surface area contributed by atoms with E-state index in [1.165, 1.54) is 5.56 Å². The molecule has 1 amide bonds. The molecule has 0 aliphatic carbocycles. The fraction of sp³-hybridized carbons (Fsp3) is 0.562. The second kappa shape index (κ2) is 5.33. The highest BCUT2D eigenvalue weighted by Gasteiger charge is 2.31. The van der Waals surface area contributed by atoms with E-state index in [1.54, 1.807) is 0 Å². The monoisotopic (exact) mass is 261 g/mol. The number of amides is 1. The Kier molecular flexibility index (Phi) is 3.95. The molecule has 1 fully saturated rings. The molecular formula is C16H23NO2. The molecule has 0 saturated carbocycles. The van der Waals surface area contributed by atoms with Crippen LogP contribution in [0.1, 0.15) is 38.0 Å². The minimum atomic E-state index is -0.324. The van der Waals surface area contributed by atoms with E-state index in [4.69, 9.17) is 4.74 Å². The van der Waals surface area contributed by atoms with E-state index in [9.17, 15) is 4.79 Å². The summed E-state index contributed by atoms with van der Waals surface area (Å²) in [6, 6.07) is 8.35. The van der Waals surface area contributed by atoms with Gasteiger partial charge in [-0.1, -0.05) is 50.6 Å². The van der Waals surface area contributed by atoms with Gasteiger partial charge in [0.05, 0.1) is 13.2 Å². The van der Waals surface area contributed by atoms with Crippen molar-refractivity contribution >= 4 is 5.91 Å². The molecule has 1 aliphatic heterocycles. The van der Waals surface area contributed by atoms with Crippen LogP contribution in [0.5, 0.6) is 0 Å². The highest BCUT2D eigenvalue weighted by Crippen LogP contribution is 2.26. The van der Waals surface area contributed by atoms with Gasteiger partial charge in [0, 0.05) is 12.0 Å². The maximum absolute atomic E-state index is 12.3. The third-order valence-corrected chi connectivity index (χ3v) is 3.44. The van der Waals surface area contributed by atoms with Crippen LogP contribution in [0.4, 0.5) is 0 Å². The summed E-state index contributed by atoms with van der Waals surface area (Å²) in [4.78, 5) is 14.2.